The lowest BCUT2D eigenvalue weighted by Crippen LogP contribution is -2.14. The van der Waals surface area contributed by atoms with Crippen molar-refractivity contribution in [1.82, 2.24) is 15.5 Å². The maximum absolute atomic E-state index is 8.80. The number of aryl methyl sites for hydroxylation is 1. The van der Waals surface area contributed by atoms with Gasteiger partial charge in [-0.05, 0) is 42.3 Å². The van der Waals surface area contributed by atoms with Crippen LogP contribution in [0.5, 0.6) is 0 Å². The first kappa shape index (κ1) is 12.2. The van der Waals surface area contributed by atoms with Crippen molar-refractivity contribution in [1.29, 1.82) is 5.26 Å². The van der Waals surface area contributed by atoms with Crippen molar-refractivity contribution in [2.75, 3.05) is 0 Å². The van der Waals surface area contributed by atoms with Gasteiger partial charge in [-0.2, -0.15) is 15.5 Å². The SMILES string of the molecule is Cc1cc(C#N)ccc1CNCc1cccnn1. The summed E-state index contributed by atoms with van der Waals surface area (Å²) >= 11 is 0. The number of benzene rings is 1. The van der Waals surface area contributed by atoms with E-state index in [0.29, 0.717) is 12.1 Å². The van der Waals surface area contributed by atoms with Crippen molar-refractivity contribution < 1.29 is 0 Å². The van der Waals surface area contributed by atoms with Gasteiger partial charge in [-0.25, -0.2) is 0 Å². The summed E-state index contributed by atoms with van der Waals surface area (Å²) in [4.78, 5) is 0. The minimum atomic E-state index is 0.688. The van der Waals surface area contributed by atoms with Crippen LogP contribution in [0.2, 0.25) is 0 Å². The first-order valence-electron chi connectivity index (χ1n) is 5.76. The molecule has 0 aliphatic carbocycles. The first-order valence-corrected chi connectivity index (χ1v) is 5.76. The third-order valence-electron chi connectivity index (χ3n) is 2.72. The summed E-state index contributed by atoms with van der Waals surface area (Å²) < 4.78 is 0. The van der Waals surface area contributed by atoms with Crippen molar-refractivity contribution in [3.05, 3.63) is 58.9 Å². The molecule has 90 valence electrons. The predicted octanol–water partition coefficient (Wildman–Crippen LogP) is 1.95. The lowest BCUT2D eigenvalue weighted by molar-refractivity contribution is 0.668. The third kappa shape index (κ3) is 3.12. The number of aromatic nitrogens is 2. The van der Waals surface area contributed by atoms with Crippen LogP contribution in [0.3, 0.4) is 0 Å². The molecule has 18 heavy (non-hydrogen) atoms. The Morgan fingerprint density at radius 2 is 2.17 bits per heavy atom. The average molecular weight is 238 g/mol. The van der Waals surface area contributed by atoms with Crippen LogP contribution in [-0.2, 0) is 13.1 Å². The quantitative estimate of drug-likeness (QED) is 0.884. The summed E-state index contributed by atoms with van der Waals surface area (Å²) in [5.74, 6) is 0. The van der Waals surface area contributed by atoms with E-state index in [1.54, 1.807) is 6.20 Å². The number of rotatable bonds is 4. The fraction of sp³-hybridized carbons (Fsp3) is 0.214. The largest absolute Gasteiger partial charge is 0.307 e. The van der Waals surface area contributed by atoms with Gasteiger partial charge in [-0.15, -0.1) is 0 Å². The molecule has 0 bridgehead atoms. The molecule has 1 heterocycles. The summed E-state index contributed by atoms with van der Waals surface area (Å²) in [6, 6.07) is 11.7. The smallest absolute Gasteiger partial charge is 0.0991 e. The highest BCUT2D eigenvalue weighted by molar-refractivity contribution is 5.37. The summed E-state index contributed by atoms with van der Waals surface area (Å²) in [6.45, 7) is 3.46. The minimum absolute atomic E-state index is 0.688. The molecule has 0 radical (unpaired) electrons. The van der Waals surface area contributed by atoms with Crippen LogP contribution >= 0.6 is 0 Å². The summed E-state index contributed by atoms with van der Waals surface area (Å²) in [5, 5.41) is 19.9. The topological polar surface area (TPSA) is 61.6 Å². The van der Waals surface area contributed by atoms with E-state index in [-0.39, 0.29) is 0 Å². The second kappa shape index (κ2) is 5.89. The van der Waals surface area contributed by atoms with E-state index in [4.69, 9.17) is 5.26 Å². The van der Waals surface area contributed by atoms with Crippen molar-refractivity contribution >= 4 is 0 Å². The normalized spacial score (nSPS) is 10.0. The molecule has 0 unspecified atom stereocenters. The average Bonchev–Trinajstić information content (AvgIpc) is 2.42. The van der Waals surface area contributed by atoms with Crippen LogP contribution in [0.1, 0.15) is 22.4 Å². The van der Waals surface area contributed by atoms with Gasteiger partial charge in [0, 0.05) is 19.3 Å². The van der Waals surface area contributed by atoms with Gasteiger partial charge >= 0.3 is 0 Å². The van der Waals surface area contributed by atoms with E-state index in [1.165, 1.54) is 5.56 Å². The Morgan fingerprint density at radius 3 is 2.83 bits per heavy atom. The molecule has 0 spiro atoms. The van der Waals surface area contributed by atoms with Crippen LogP contribution in [0.25, 0.3) is 0 Å². The number of hydrogen-bond acceptors (Lipinski definition) is 4. The molecule has 4 nitrogen and oxygen atoms in total. The lowest BCUT2D eigenvalue weighted by atomic mass is 10.1. The van der Waals surface area contributed by atoms with Gasteiger partial charge in [-0.3, -0.25) is 0 Å². The molecule has 0 amide bonds. The van der Waals surface area contributed by atoms with Gasteiger partial charge in [-0.1, -0.05) is 6.07 Å². The van der Waals surface area contributed by atoms with Gasteiger partial charge in [0.05, 0.1) is 17.3 Å². The molecule has 2 rings (SSSR count). The highest BCUT2D eigenvalue weighted by Gasteiger charge is 2.00. The molecule has 0 aliphatic rings. The fourth-order valence-corrected chi connectivity index (χ4v) is 1.72. The molecule has 1 N–H and O–H groups in total. The van der Waals surface area contributed by atoms with Crippen molar-refractivity contribution in [2.45, 2.75) is 20.0 Å². The summed E-state index contributed by atoms with van der Waals surface area (Å²) in [7, 11) is 0. The Balaban J connectivity index is 1.93. The molecule has 2 aromatic rings. The van der Waals surface area contributed by atoms with E-state index in [1.807, 2.05) is 37.3 Å². The zero-order valence-electron chi connectivity index (χ0n) is 10.2. The number of nitrogens with one attached hydrogen (secondary N) is 1. The molecule has 0 saturated heterocycles. The molecular weight excluding hydrogens is 224 g/mol. The molecule has 0 aliphatic heterocycles. The van der Waals surface area contributed by atoms with Crippen molar-refractivity contribution in [3.63, 3.8) is 0 Å². The van der Waals surface area contributed by atoms with Crippen molar-refractivity contribution in [3.8, 4) is 6.07 Å². The Kier molecular flexibility index (Phi) is 4.00. The molecule has 4 heteroatoms. The molecule has 0 atom stereocenters. The summed E-state index contributed by atoms with van der Waals surface area (Å²) in [5.41, 5.74) is 3.94. The maximum Gasteiger partial charge on any atom is 0.0991 e. The lowest BCUT2D eigenvalue weighted by Gasteiger charge is -2.07. The zero-order valence-corrected chi connectivity index (χ0v) is 10.2. The number of hydrogen-bond donors (Lipinski definition) is 1. The number of nitrogens with zero attached hydrogens (tertiary/aromatic N) is 3. The zero-order chi connectivity index (χ0) is 12.8. The second-order valence-electron chi connectivity index (χ2n) is 4.07. The van der Waals surface area contributed by atoms with E-state index in [2.05, 4.69) is 21.6 Å². The van der Waals surface area contributed by atoms with Crippen LogP contribution in [0, 0.1) is 18.3 Å². The molecule has 0 fully saturated rings. The van der Waals surface area contributed by atoms with Crippen LogP contribution < -0.4 is 5.32 Å². The first-order chi connectivity index (χ1) is 8.79. The standard InChI is InChI=1S/C14H14N4/c1-11-7-12(8-15)4-5-13(11)9-16-10-14-3-2-6-17-18-14/h2-7,16H,9-10H2,1H3. The third-order valence-corrected chi connectivity index (χ3v) is 2.72. The molecule has 1 aromatic heterocycles. The number of nitriles is 1. The Hall–Kier alpha value is -2.25. The summed E-state index contributed by atoms with van der Waals surface area (Å²) in [6.07, 6.45) is 1.66. The highest BCUT2D eigenvalue weighted by Crippen LogP contribution is 2.10. The predicted molar refractivity (Wildman–Crippen MR) is 68.5 cm³/mol. The van der Waals surface area contributed by atoms with Gasteiger partial charge in [0.1, 0.15) is 0 Å². The monoisotopic (exact) mass is 238 g/mol. The van der Waals surface area contributed by atoms with Gasteiger partial charge < -0.3 is 5.32 Å². The van der Waals surface area contributed by atoms with E-state index < -0.39 is 0 Å². The van der Waals surface area contributed by atoms with Crippen molar-refractivity contribution in [2.24, 2.45) is 0 Å². The maximum atomic E-state index is 8.80. The Labute approximate surface area is 106 Å². The van der Waals surface area contributed by atoms with E-state index in [0.717, 1.165) is 17.8 Å². The van der Waals surface area contributed by atoms with Crippen LogP contribution in [0.4, 0.5) is 0 Å². The molecule has 0 saturated carbocycles. The van der Waals surface area contributed by atoms with Gasteiger partial charge in [0.2, 0.25) is 0 Å². The second-order valence-corrected chi connectivity index (χ2v) is 4.07. The van der Waals surface area contributed by atoms with E-state index >= 15 is 0 Å². The van der Waals surface area contributed by atoms with E-state index in [9.17, 15) is 0 Å². The fourth-order valence-electron chi connectivity index (χ4n) is 1.72. The Morgan fingerprint density at radius 1 is 1.28 bits per heavy atom. The minimum Gasteiger partial charge on any atom is -0.307 e. The van der Waals surface area contributed by atoms with Crippen LogP contribution in [-0.4, -0.2) is 10.2 Å². The molecular formula is C14H14N4. The van der Waals surface area contributed by atoms with Gasteiger partial charge in [0.25, 0.3) is 0 Å². The highest BCUT2D eigenvalue weighted by atomic mass is 15.1. The molecule has 1 aromatic carbocycles. The van der Waals surface area contributed by atoms with Crippen LogP contribution in [0.15, 0.2) is 36.5 Å². The van der Waals surface area contributed by atoms with Gasteiger partial charge in [0.15, 0.2) is 0 Å². The Bertz CT molecular complexity index is 558.